The molecule has 1 rings (SSSR count). The molecule has 2 amide bonds. The third-order valence-corrected chi connectivity index (χ3v) is 3.92. The quantitative estimate of drug-likeness (QED) is 0.571. The molecule has 0 aliphatic heterocycles. The molecule has 0 radical (unpaired) electrons. The molecule has 1 aromatic carbocycles. The normalized spacial score (nSPS) is 11.6. The lowest BCUT2D eigenvalue weighted by Crippen LogP contribution is -2.29. The first-order valence-corrected chi connectivity index (χ1v) is 8.86. The molecule has 25 heavy (non-hydrogen) atoms. The first-order chi connectivity index (χ1) is 11.9. The molecule has 0 unspecified atom stereocenters. The van der Waals surface area contributed by atoms with Crippen LogP contribution in [0.15, 0.2) is 42.0 Å². The Labute approximate surface area is 151 Å². The van der Waals surface area contributed by atoms with Gasteiger partial charge in [0.1, 0.15) is 0 Å². The van der Waals surface area contributed by atoms with Crippen LogP contribution < -0.4 is 5.32 Å². The Bertz CT molecular complexity index is 660. The van der Waals surface area contributed by atoms with E-state index in [2.05, 4.69) is 12.2 Å². The molecule has 0 aliphatic rings. The summed E-state index contributed by atoms with van der Waals surface area (Å²) in [6.07, 6.45) is 7.92. The van der Waals surface area contributed by atoms with Crippen LogP contribution in [0.5, 0.6) is 0 Å². The summed E-state index contributed by atoms with van der Waals surface area (Å²) in [7, 11) is 1.78. The highest BCUT2D eigenvalue weighted by molar-refractivity contribution is 6.00. The molecular formula is C21H30N2O2. The number of aryl methyl sites for hydroxylation is 1. The number of unbranched alkanes of at least 4 members (excludes halogenated alkanes) is 1. The Hall–Kier alpha value is -2.36. The SMILES string of the molecule is C/C=C\C(=C/C)CN(C)C(=O)c1cc(C)cc(C(=O)NCCCC)c1. The molecule has 0 saturated carbocycles. The van der Waals surface area contributed by atoms with Crippen molar-refractivity contribution in [2.75, 3.05) is 20.1 Å². The van der Waals surface area contributed by atoms with E-state index in [1.54, 1.807) is 18.0 Å². The average Bonchev–Trinajstić information content (AvgIpc) is 2.60. The lowest BCUT2D eigenvalue weighted by atomic mass is 10.0. The summed E-state index contributed by atoms with van der Waals surface area (Å²) in [5, 5.41) is 2.90. The third kappa shape index (κ3) is 6.57. The van der Waals surface area contributed by atoms with E-state index in [9.17, 15) is 9.59 Å². The number of benzene rings is 1. The maximum atomic E-state index is 12.7. The lowest BCUT2D eigenvalue weighted by Gasteiger charge is -2.19. The van der Waals surface area contributed by atoms with Gasteiger partial charge in [-0.15, -0.1) is 0 Å². The number of amides is 2. The van der Waals surface area contributed by atoms with Crippen LogP contribution in [0.3, 0.4) is 0 Å². The summed E-state index contributed by atoms with van der Waals surface area (Å²) in [6, 6.07) is 5.32. The maximum Gasteiger partial charge on any atom is 0.253 e. The molecule has 0 spiro atoms. The standard InChI is InChI=1S/C21H30N2O2/c1-6-9-11-22-20(24)18-12-16(4)13-19(14-18)21(25)23(5)15-17(8-3)10-7-2/h7-8,10,12-14H,6,9,11,15H2,1-5H3,(H,22,24)/b10-7-,17-8+. The predicted molar refractivity (Wildman–Crippen MR) is 104 cm³/mol. The fraction of sp³-hybridized carbons (Fsp3) is 0.429. The molecule has 1 N–H and O–H groups in total. The summed E-state index contributed by atoms with van der Waals surface area (Å²) in [5.41, 5.74) is 3.05. The van der Waals surface area contributed by atoms with Crippen LogP contribution in [0.25, 0.3) is 0 Å². The molecule has 0 heterocycles. The zero-order chi connectivity index (χ0) is 18.8. The van der Waals surface area contributed by atoms with Crippen molar-refractivity contribution in [2.45, 2.75) is 40.5 Å². The van der Waals surface area contributed by atoms with Gasteiger partial charge in [0.2, 0.25) is 0 Å². The van der Waals surface area contributed by atoms with E-state index in [1.807, 2.05) is 51.1 Å². The van der Waals surface area contributed by atoms with Crippen LogP contribution in [0.2, 0.25) is 0 Å². The van der Waals surface area contributed by atoms with Gasteiger partial charge in [0.15, 0.2) is 0 Å². The lowest BCUT2D eigenvalue weighted by molar-refractivity contribution is 0.0807. The molecule has 0 bridgehead atoms. The van der Waals surface area contributed by atoms with E-state index in [4.69, 9.17) is 0 Å². The number of likely N-dealkylation sites (N-methyl/N-ethyl adjacent to an activating group) is 1. The molecule has 4 nitrogen and oxygen atoms in total. The van der Waals surface area contributed by atoms with Crippen molar-refractivity contribution in [1.82, 2.24) is 10.2 Å². The van der Waals surface area contributed by atoms with Crippen LogP contribution >= 0.6 is 0 Å². The molecule has 0 atom stereocenters. The highest BCUT2D eigenvalue weighted by Crippen LogP contribution is 2.13. The first-order valence-electron chi connectivity index (χ1n) is 8.86. The highest BCUT2D eigenvalue weighted by Gasteiger charge is 2.15. The van der Waals surface area contributed by atoms with E-state index in [0.29, 0.717) is 24.2 Å². The summed E-state index contributed by atoms with van der Waals surface area (Å²) in [6.45, 7) is 9.08. The number of hydrogen-bond acceptors (Lipinski definition) is 2. The van der Waals surface area contributed by atoms with Gasteiger partial charge in [0, 0.05) is 31.3 Å². The number of nitrogens with zero attached hydrogens (tertiary/aromatic N) is 1. The zero-order valence-corrected chi connectivity index (χ0v) is 16.1. The van der Waals surface area contributed by atoms with E-state index in [-0.39, 0.29) is 11.8 Å². The minimum atomic E-state index is -0.128. The highest BCUT2D eigenvalue weighted by atomic mass is 16.2. The maximum absolute atomic E-state index is 12.7. The average molecular weight is 342 g/mol. The van der Waals surface area contributed by atoms with E-state index >= 15 is 0 Å². The van der Waals surface area contributed by atoms with Gasteiger partial charge in [-0.3, -0.25) is 9.59 Å². The van der Waals surface area contributed by atoms with Crippen molar-refractivity contribution in [3.8, 4) is 0 Å². The van der Waals surface area contributed by atoms with Crippen molar-refractivity contribution in [1.29, 1.82) is 0 Å². The van der Waals surface area contributed by atoms with Gasteiger partial charge in [-0.05, 0) is 56.5 Å². The summed E-state index contributed by atoms with van der Waals surface area (Å²) in [4.78, 5) is 26.7. The molecule has 4 heteroatoms. The smallest absolute Gasteiger partial charge is 0.253 e. The Morgan fingerprint density at radius 2 is 1.84 bits per heavy atom. The summed E-state index contributed by atoms with van der Waals surface area (Å²) >= 11 is 0. The van der Waals surface area contributed by atoms with Gasteiger partial charge in [-0.1, -0.05) is 31.6 Å². The number of carbonyl (C=O) groups is 2. The number of carbonyl (C=O) groups excluding carboxylic acids is 2. The second-order valence-corrected chi connectivity index (χ2v) is 6.22. The molecule has 1 aromatic rings. The van der Waals surface area contributed by atoms with Crippen LogP contribution in [0, 0.1) is 6.92 Å². The second kappa shape index (κ2) is 10.5. The van der Waals surface area contributed by atoms with Crippen molar-refractivity contribution in [2.24, 2.45) is 0 Å². The van der Waals surface area contributed by atoms with Crippen molar-refractivity contribution in [3.05, 3.63) is 58.7 Å². The van der Waals surface area contributed by atoms with Crippen LogP contribution in [-0.2, 0) is 0 Å². The van der Waals surface area contributed by atoms with Gasteiger partial charge < -0.3 is 10.2 Å². The van der Waals surface area contributed by atoms with E-state index in [1.165, 1.54) is 0 Å². The minimum Gasteiger partial charge on any atom is -0.352 e. The Kier molecular flexibility index (Phi) is 8.68. The fourth-order valence-corrected chi connectivity index (χ4v) is 2.54. The van der Waals surface area contributed by atoms with E-state index in [0.717, 1.165) is 24.0 Å². The van der Waals surface area contributed by atoms with Gasteiger partial charge in [-0.25, -0.2) is 0 Å². The second-order valence-electron chi connectivity index (χ2n) is 6.22. The van der Waals surface area contributed by atoms with Crippen molar-refractivity contribution < 1.29 is 9.59 Å². The Morgan fingerprint density at radius 3 is 2.44 bits per heavy atom. The predicted octanol–water partition coefficient (Wildman–Crippen LogP) is 4.12. The number of nitrogens with one attached hydrogen (secondary N) is 1. The summed E-state index contributed by atoms with van der Waals surface area (Å²) in [5.74, 6) is -0.216. The summed E-state index contributed by atoms with van der Waals surface area (Å²) < 4.78 is 0. The van der Waals surface area contributed by atoms with Crippen LogP contribution in [0.1, 0.15) is 59.9 Å². The molecule has 0 aromatic heterocycles. The van der Waals surface area contributed by atoms with Crippen LogP contribution in [0.4, 0.5) is 0 Å². The van der Waals surface area contributed by atoms with Gasteiger partial charge in [0.25, 0.3) is 11.8 Å². The third-order valence-electron chi connectivity index (χ3n) is 3.92. The van der Waals surface area contributed by atoms with Crippen molar-refractivity contribution >= 4 is 11.8 Å². The monoisotopic (exact) mass is 342 g/mol. The van der Waals surface area contributed by atoms with Crippen LogP contribution in [-0.4, -0.2) is 36.9 Å². The van der Waals surface area contributed by atoms with Gasteiger partial charge in [0.05, 0.1) is 0 Å². The number of allylic oxidation sites excluding steroid dienone is 2. The molecule has 0 fully saturated rings. The number of hydrogen-bond donors (Lipinski definition) is 1. The minimum absolute atomic E-state index is 0.0878. The Balaban J connectivity index is 2.93. The fourth-order valence-electron chi connectivity index (χ4n) is 2.54. The zero-order valence-electron chi connectivity index (χ0n) is 16.1. The van der Waals surface area contributed by atoms with E-state index < -0.39 is 0 Å². The first kappa shape index (κ1) is 20.7. The van der Waals surface area contributed by atoms with Crippen molar-refractivity contribution in [3.63, 3.8) is 0 Å². The van der Waals surface area contributed by atoms with Gasteiger partial charge in [-0.2, -0.15) is 0 Å². The molecule has 0 aliphatic carbocycles. The number of rotatable bonds is 8. The largest absolute Gasteiger partial charge is 0.352 e. The molecule has 0 saturated heterocycles. The molecular weight excluding hydrogens is 312 g/mol. The topological polar surface area (TPSA) is 49.4 Å². The van der Waals surface area contributed by atoms with Gasteiger partial charge >= 0.3 is 0 Å². The molecule has 136 valence electrons. The Morgan fingerprint density at radius 1 is 1.16 bits per heavy atom.